The molecule has 0 spiro atoms. The lowest BCUT2D eigenvalue weighted by atomic mass is 10.0. The van der Waals surface area contributed by atoms with Crippen LogP contribution in [0.25, 0.3) is 11.6 Å². The van der Waals surface area contributed by atoms with Gasteiger partial charge in [-0.15, -0.1) is 0 Å². The molecule has 8 nitrogen and oxygen atoms in total. The largest absolute Gasteiger partial charge is 0.390 e. The molecule has 4 aromatic rings. The molecule has 0 fully saturated rings. The van der Waals surface area contributed by atoms with Gasteiger partial charge in [-0.25, -0.2) is 18.7 Å². The Morgan fingerprint density at radius 2 is 1.86 bits per heavy atom. The summed E-state index contributed by atoms with van der Waals surface area (Å²) in [5.74, 6) is -0.821. The molecule has 1 amide bonds. The van der Waals surface area contributed by atoms with Gasteiger partial charge < -0.3 is 25.3 Å². The van der Waals surface area contributed by atoms with Crippen molar-refractivity contribution in [2.45, 2.75) is 45.0 Å². The zero-order valence-electron chi connectivity index (χ0n) is 20.5. The van der Waals surface area contributed by atoms with Gasteiger partial charge in [0.15, 0.2) is 11.6 Å². The minimum absolute atomic E-state index is 0.0452. The number of carbonyl (C=O) groups is 1. The average Bonchev–Trinajstić information content (AvgIpc) is 3.55. The van der Waals surface area contributed by atoms with Gasteiger partial charge in [-0.05, 0) is 41.7 Å². The van der Waals surface area contributed by atoms with E-state index < -0.39 is 23.8 Å². The van der Waals surface area contributed by atoms with E-state index in [0.717, 1.165) is 18.1 Å². The number of aliphatic hydroxyl groups is 1. The Hall–Kier alpha value is -3.89. The Morgan fingerprint density at radius 1 is 1.08 bits per heavy atom. The Labute approximate surface area is 213 Å². The fraction of sp³-hybridized carbons (Fsp3) is 0.296. The normalized spacial score (nSPS) is 12.9. The number of benzene rings is 2. The molecule has 4 rings (SSSR count). The van der Waals surface area contributed by atoms with Crippen LogP contribution in [-0.2, 0) is 30.7 Å². The first kappa shape index (κ1) is 26.2. The minimum Gasteiger partial charge on any atom is -0.390 e. The van der Waals surface area contributed by atoms with Crippen LogP contribution in [0.15, 0.2) is 67.3 Å². The SMILES string of the molecule is CCc1cccc(CNC[C@@H](O)[C@H](Cc2cc(F)cc(F)c2)NC(=O)Cn2ccnc2-c2ncc[nH]2)c1. The fourth-order valence-corrected chi connectivity index (χ4v) is 4.18. The molecule has 0 saturated heterocycles. The maximum absolute atomic E-state index is 13.8. The summed E-state index contributed by atoms with van der Waals surface area (Å²) in [7, 11) is 0. The van der Waals surface area contributed by atoms with Crippen LogP contribution in [0, 0.1) is 11.6 Å². The number of aliphatic hydroxyl groups excluding tert-OH is 1. The smallest absolute Gasteiger partial charge is 0.240 e. The van der Waals surface area contributed by atoms with Crippen molar-refractivity contribution in [2.24, 2.45) is 0 Å². The lowest BCUT2D eigenvalue weighted by Gasteiger charge is -2.25. The van der Waals surface area contributed by atoms with Gasteiger partial charge in [-0.1, -0.05) is 31.2 Å². The number of hydrogen-bond donors (Lipinski definition) is 4. The Morgan fingerprint density at radius 3 is 2.59 bits per heavy atom. The summed E-state index contributed by atoms with van der Waals surface area (Å²) < 4.78 is 29.2. The van der Waals surface area contributed by atoms with Crippen LogP contribution in [0.1, 0.15) is 23.6 Å². The maximum Gasteiger partial charge on any atom is 0.240 e. The molecule has 0 aliphatic rings. The Kier molecular flexibility index (Phi) is 8.76. The highest BCUT2D eigenvalue weighted by atomic mass is 19.1. The number of hydrogen-bond acceptors (Lipinski definition) is 5. The summed E-state index contributed by atoms with van der Waals surface area (Å²) in [5, 5.41) is 17.0. The number of H-pyrrole nitrogens is 1. The monoisotopic (exact) mass is 508 g/mol. The molecule has 2 aromatic carbocycles. The number of amides is 1. The van der Waals surface area contributed by atoms with E-state index in [1.807, 2.05) is 12.1 Å². The van der Waals surface area contributed by atoms with Crippen LogP contribution < -0.4 is 10.6 Å². The van der Waals surface area contributed by atoms with Gasteiger partial charge in [0, 0.05) is 43.9 Å². The first-order valence-corrected chi connectivity index (χ1v) is 12.1. The van der Waals surface area contributed by atoms with Crippen LogP contribution in [0.4, 0.5) is 8.78 Å². The number of imidazole rings is 2. The summed E-state index contributed by atoms with van der Waals surface area (Å²) >= 11 is 0. The van der Waals surface area contributed by atoms with Crippen molar-refractivity contribution >= 4 is 5.91 Å². The molecule has 0 unspecified atom stereocenters. The molecule has 0 saturated carbocycles. The van der Waals surface area contributed by atoms with Crippen molar-refractivity contribution in [3.05, 3.63) is 95.6 Å². The standard InChI is InChI=1S/C27H30F2N6O2/c1-2-18-4-3-5-19(10-18)15-30-16-24(36)23(13-20-11-21(28)14-22(29)12-20)34-25(37)17-35-9-8-33-27(35)26-31-6-7-32-26/h3-12,14,23-24,30,36H,2,13,15-17H2,1H3,(H,31,32)(H,34,37)/t23-,24+/m0/s1. The van der Waals surface area contributed by atoms with E-state index >= 15 is 0 Å². The van der Waals surface area contributed by atoms with E-state index in [1.54, 1.807) is 29.4 Å². The molecular weight excluding hydrogens is 478 g/mol. The van der Waals surface area contributed by atoms with Gasteiger partial charge in [0.05, 0.1) is 12.1 Å². The van der Waals surface area contributed by atoms with E-state index in [1.165, 1.54) is 17.7 Å². The molecule has 194 valence electrons. The van der Waals surface area contributed by atoms with E-state index in [2.05, 4.69) is 44.6 Å². The molecule has 37 heavy (non-hydrogen) atoms. The van der Waals surface area contributed by atoms with Crippen molar-refractivity contribution < 1.29 is 18.7 Å². The number of aromatic amines is 1. The van der Waals surface area contributed by atoms with E-state index in [0.29, 0.717) is 23.8 Å². The molecule has 2 atom stereocenters. The number of aromatic nitrogens is 4. The van der Waals surface area contributed by atoms with Gasteiger partial charge in [-0.3, -0.25) is 4.79 Å². The summed E-state index contributed by atoms with van der Waals surface area (Å²) in [4.78, 5) is 24.3. The Bertz CT molecular complexity index is 1290. The highest BCUT2D eigenvalue weighted by molar-refractivity contribution is 5.76. The predicted molar refractivity (Wildman–Crippen MR) is 135 cm³/mol. The molecule has 2 heterocycles. The van der Waals surface area contributed by atoms with Crippen LogP contribution >= 0.6 is 0 Å². The van der Waals surface area contributed by atoms with Gasteiger partial charge in [-0.2, -0.15) is 0 Å². The zero-order valence-corrected chi connectivity index (χ0v) is 20.5. The first-order valence-electron chi connectivity index (χ1n) is 12.1. The number of aryl methyl sites for hydroxylation is 1. The molecule has 0 aliphatic carbocycles. The number of rotatable bonds is 12. The lowest BCUT2D eigenvalue weighted by Crippen LogP contribution is -2.49. The topological polar surface area (TPSA) is 108 Å². The molecule has 0 aliphatic heterocycles. The average molecular weight is 509 g/mol. The van der Waals surface area contributed by atoms with Crippen molar-refractivity contribution in [3.63, 3.8) is 0 Å². The summed E-state index contributed by atoms with van der Waals surface area (Å²) in [5.41, 5.74) is 2.62. The van der Waals surface area contributed by atoms with Gasteiger partial charge >= 0.3 is 0 Å². The van der Waals surface area contributed by atoms with Crippen molar-refractivity contribution in [1.29, 1.82) is 0 Å². The molecule has 2 aromatic heterocycles. The zero-order chi connectivity index (χ0) is 26.2. The number of nitrogens with zero attached hydrogens (tertiary/aromatic N) is 3. The number of nitrogens with one attached hydrogen (secondary N) is 3. The van der Waals surface area contributed by atoms with Gasteiger partial charge in [0.25, 0.3) is 0 Å². The molecular formula is C27H30F2N6O2. The molecule has 0 bridgehead atoms. The molecule has 10 heteroatoms. The van der Waals surface area contributed by atoms with E-state index in [4.69, 9.17) is 0 Å². The second-order valence-electron chi connectivity index (χ2n) is 8.84. The summed E-state index contributed by atoms with van der Waals surface area (Å²) in [6.07, 6.45) is 6.41. The quantitative estimate of drug-likeness (QED) is 0.235. The third kappa shape index (κ3) is 7.31. The van der Waals surface area contributed by atoms with Crippen LogP contribution in [0.2, 0.25) is 0 Å². The molecule has 0 radical (unpaired) electrons. The lowest BCUT2D eigenvalue weighted by molar-refractivity contribution is -0.123. The Balaban J connectivity index is 1.43. The third-order valence-electron chi connectivity index (χ3n) is 6.01. The second-order valence-corrected chi connectivity index (χ2v) is 8.84. The van der Waals surface area contributed by atoms with Crippen LogP contribution in [0.3, 0.4) is 0 Å². The number of halogens is 2. The maximum atomic E-state index is 13.8. The van der Waals surface area contributed by atoms with Crippen LogP contribution in [0.5, 0.6) is 0 Å². The second kappa shape index (κ2) is 12.4. The number of carbonyl (C=O) groups excluding carboxylic acids is 1. The molecule has 4 N–H and O–H groups in total. The van der Waals surface area contributed by atoms with E-state index in [-0.39, 0.29) is 25.4 Å². The van der Waals surface area contributed by atoms with E-state index in [9.17, 15) is 18.7 Å². The van der Waals surface area contributed by atoms with Crippen LogP contribution in [-0.4, -0.2) is 49.2 Å². The first-order chi connectivity index (χ1) is 17.9. The predicted octanol–water partition coefficient (Wildman–Crippen LogP) is 2.99. The third-order valence-corrected chi connectivity index (χ3v) is 6.01. The van der Waals surface area contributed by atoms with Gasteiger partial charge in [0.1, 0.15) is 18.2 Å². The fourth-order valence-electron chi connectivity index (χ4n) is 4.18. The minimum atomic E-state index is -1.02. The van der Waals surface area contributed by atoms with Crippen molar-refractivity contribution in [2.75, 3.05) is 6.54 Å². The highest BCUT2D eigenvalue weighted by Gasteiger charge is 2.23. The summed E-state index contributed by atoms with van der Waals surface area (Å²) in [6, 6.07) is 10.5. The van der Waals surface area contributed by atoms with Crippen molar-refractivity contribution in [3.8, 4) is 11.6 Å². The summed E-state index contributed by atoms with van der Waals surface area (Å²) in [6.45, 7) is 2.71. The highest BCUT2D eigenvalue weighted by Crippen LogP contribution is 2.14. The van der Waals surface area contributed by atoms with Crippen molar-refractivity contribution in [1.82, 2.24) is 30.2 Å². The van der Waals surface area contributed by atoms with Gasteiger partial charge in [0.2, 0.25) is 5.91 Å².